The van der Waals surface area contributed by atoms with E-state index < -0.39 is 294 Å². The first-order valence-electron chi connectivity index (χ1n) is 28.9. The zero-order valence-corrected chi connectivity index (χ0v) is 51.5. The van der Waals surface area contributed by atoms with Gasteiger partial charge < -0.3 is 171 Å². The molecule has 4 amide bonds. The minimum Gasteiger partial charge on any atom is -0.477 e. The highest BCUT2D eigenvalue weighted by molar-refractivity contribution is 7.80. The summed E-state index contributed by atoms with van der Waals surface area (Å²) >= 11 is 0. The third-order valence-electron chi connectivity index (χ3n) is 15.8. The van der Waals surface area contributed by atoms with E-state index in [4.69, 9.17) is 47.4 Å². The Morgan fingerprint density at radius 3 is 1.38 bits per heavy atom. The van der Waals surface area contributed by atoms with E-state index in [0.29, 0.717) is 0 Å². The van der Waals surface area contributed by atoms with Crippen LogP contribution in [0.25, 0.3) is 0 Å². The second-order valence-corrected chi connectivity index (χ2v) is 24.0. The molecule has 0 aromatic rings. The van der Waals surface area contributed by atoms with Crippen LogP contribution in [0.3, 0.4) is 0 Å². The molecule has 0 aromatic heterocycles. The number of aliphatic carboxylic acids is 2. The van der Waals surface area contributed by atoms with Crippen molar-refractivity contribution in [3.63, 3.8) is 0 Å². The van der Waals surface area contributed by atoms with Crippen molar-refractivity contribution in [3.05, 3.63) is 0 Å². The summed E-state index contributed by atoms with van der Waals surface area (Å²) in [6.07, 6.45) is -59.8. The summed E-state index contributed by atoms with van der Waals surface area (Å²) in [5, 5.41) is 227. The van der Waals surface area contributed by atoms with Gasteiger partial charge in [0, 0.05) is 40.5 Å². The molecular formula is C50H84N4O40S. The number of hydrogen-bond acceptors (Lipinski definition) is 37. The van der Waals surface area contributed by atoms with Crippen LogP contribution >= 0.6 is 0 Å². The fourth-order valence-corrected chi connectivity index (χ4v) is 11.5. The number of rotatable bonds is 32. The highest BCUT2D eigenvalue weighted by atomic mass is 32.3. The summed E-state index contributed by atoms with van der Waals surface area (Å²) < 4.78 is 94.0. The van der Waals surface area contributed by atoms with Gasteiger partial charge in [0.05, 0.1) is 76.6 Å². The highest BCUT2D eigenvalue weighted by Crippen LogP contribution is 2.41. The lowest BCUT2D eigenvalue weighted by molar-refractivity contribution is -0.383. The first-order chi connectivity index (χ1) is 44.3. The molecule has 0 aromatic carbocycles. The molecule has 5 fully saturated rings. The summed E-state index contributed by atoms with van der Waals surface area (Å²) in [5.74, 6) is -14.8. The van der Waals surface area contributed by atoms with Crippen molar-refractivity contribution in [1.82, 2.24) is 21.3 Å². The van der Waals surface area contributed by atoms with Gasteiger partial charge >= 0.3 is 22.3 Å². The predicted molar refractivity (Wildman–Crippen MR) is 293 cm³/mol. The summed E-state index contributed by atoms with van der Waals surface area (Å²) in [6, 6.07) is -7.40. The van der Waals surface area contributed by atoms with Crippen LogP contribution in [0.2, 0.25) is 0 Å². The predicted octanol–water partition coefficient (Wildman–Crippen LogP) is -15.7. The van der Waals surface area contributed by atoms with Crippen molar-refractivity contribution in [3.8, 4) is 0 Å². The molecule has 31 atom stereocenters. The van der Waals surface area contributed by atoms with Gasteiger partial charge in [-0.3, -0.25) is 23.7 Å². The standard InChI is InChI=1S/C50H84N4O40S/c1-14(60)51-18(7-55)38(89-46-37(76)43(34(73)26(88-46)13-85-95(81,82)83)94-50(48(79)80)6-20(65)28(53-16(3)62)41(92-50)31(70)22(67)9-57)32(71)23(68)12-84-44-29(54-17(4)63)35(74)39(25(11-59)87-44)90-45-36(75)42(33(72)24(10-58)86-45)93-49(47(77)78)5-19(64)27(52-15(2)61)40(91-49)30(69)21(66)8-56/h18-46,55-59,64-76H,5-13H2,1-4H3,(H,51,60)(H,52,61)(H,53,62)(H,54,63)(H,77,78)(H,79,80)(H,81,82,83)/t18-,19-,20-,21+,22+,23+,24+,25+,26+,27+,28+,29+,30+,31+,32-,33-,34-,35+,36+,37+,38+,39+,40+,41+,42-,43-,44+,45-,46-,49-,50-/m0/s1. The second kappa shape index (κ2) is 34.6. The number of hydrogen-bond donors (Lipinski definition) is 25. The largest absolute Gasteiger partial charge is 0.477 e. The van der Waals surface area contributed by atoms with Gasteiger partial charge in [-0.25, -0.2) is 13.8 Å². The number of amides is 4. The van der Waals surface area contributed by atoms with Gasteiger partial charge in [-0.05, 0) is 0 Å². The van der Waals surface area contributed by atoms with Gasteiger partial charge in [-0.1, -0.05) is 0 Å². The summed E-state index contributed by atoms with van der Waals surface area (Å²) in [6.45, 7) is -5.18. The van der Waals surface area contributed by atoms with Crippen LogP contribution in [0.4, 0.5) is 0 Å². The van der Waals surface area contributed by atoms with E-state index in [1.807, 2.05) is 0 Å². The third-order valence-corrected chi connectivity index (χ3v) is 16.3. The number of carboxylic acid groups (broad SMARTS) is 2. The minimum atomic E-state index is -5.47. The Labute approximate surface area is 537 Å². The van der Waals surface area contributed by atoms with E-state index in [-0.39, 0.29) is 0 Å². The lowest BCUT2D eigenvalue weighted by Gasteiger charge is -2.51. The topological polar surface area (TPSA) is 711 Å². The van der Waals surface area contributed by atoms with E-state index in [2.05, 4.69) is 25.5 Å². The van der Waals surface area contributed by atoms with Crippen molar-refractivity contribution in [2.45, 2.75) is 229 Å². The van der Waals surface area contributed by atoms with Crippen molar-refractivity contribution in [2.75, 3.05) is 46.2 Å². The normalized spacial score (nSPS) is 38.8. The number of ether oxygens (including phenoxy) is 10. The number of carbonyl (C=O) groups is 6. The first-order valence-corrected chi connectivity index (χ1v) is 30.3. The van der Waals surface area contributed by atoms with Crippen molar-refractivity contribution < 1.29 is 195 Å². The molecule has 45 heteroatoms. The van der Waals surface area contributed by atoms with Crippen LogP contribution in [0.15, 0.2) is 0 Å². The molecule has 0 unspecified atom stereocenters. The molecule has 44 nitrogen and oxygen atoms in total. The second-order valence-electron chi connectivity index (χ2n) is 22.9. The Hall–Kier alpha value is -4.43. The zero-order chi connectivity index (χ0) is 71.7. The quantitative estimate of drug-likeness (QED) is 0.0278. The Morgan fingerprint density at radius 1 is 0.537 bits per heavy atom. The third kappa shape index (κ3) is 19.7. The molecule has 0 bridgehead atoms. The first kappa shape index (κ1) is 81.2. The van der Waals surface area contributed by atoms with E-state index in [1.54, 1.807) is 0 Å². The molecule has 95 heavy (non-hydrogen) atoms. The Bertz CT molecular complexity index is 2660. The Balaban J connectivity index is 1.44. The lowest BCUT2D eigenvalue weighted by Crippen LogP contribution is -2.71. The van der Waals surface area contributed by atoms with Gasteiger partial charge in [0.2, 0.25) is 23.6 Å². The van der Waals surface area contributed by atoms with Crippen LogP contribution in [0, 0.1) is 0 Å². The lowest BCUT2D eigenvalue weighted by atomic mass is 9.88. The minimum absolute atomic E-state index is 0.861. The SMILES string of the molecule is CC(=O)N[C@H]1[C@H](OC[C@@H](O)[C@H](O)[C@H](O[C@@H]2O[C@H](COS(=O)(=O)O)[C@H](O)[C@H](O[C@]3(C(=O)O)C[C@H](O)[C@@H](NC(C)=O)[C@H]([C@H](O)[C@H](O)CO)O3)[C@H]2O)[C@H](CO)NC(C)=O)O[C@H](CO)[C@@H](O[C@@H]2O[C@H](CO)[C@H](O)[C@H](O[C@]3(C(=O)O)C[C@H](O)[C@@H](NC(C)=O)[C@H]([C@H](O)[C@H](O)CO)O3)[C@H]2O)[C@@H]1O. The van der Waals surface area contributed by atoms with E-state index in [9.17, 15) is 144 Å². The highest BCUT2D eigenvalue weighted by Gasteiger charge is 2.63. The molecule has 550 valence electrons. The smallest absolute Gasteiger partial charge is 0.397 e. The molecule has 0 spiro atoms. The summed E-state index contributed by atoms with van der Waals surface area (Å²) in [5.41, 5.74) is 0. The van der Waals surface area contributed by atoms with Crippen LogP contribution in [0.1, 0.15) is 40.5 Å². The molecule has 5 saturated heterocycles. The van der Waals surface area contributed by atoms with Crippen LogP contribution in [0.5, 0.6) is 0 Å². The van der Waals surface area contributed by atoms with E-state index >= 15 is 0 Å². The summed E-state index contributed by atoms with van der Waals surface area (Å²) in [7, 11) is -5.47. The van der Waals surface area contributed by atoms with Crippen LogP contribution in [-0.2, 0) is 90.7 Å². The molecule has 5 aliphatic heterocycles. The van der Waals surface area contributed by atoms with Crippen LogP contribution in [-0.4, -0.2) is 386 Å². The molecule has 5 aliphatic rings. The fourth-order valence-electron chi connectivity index (χ4n) is 11.2. The molecule has 25 N–H and O–H groups in total. The van der Waals surface area contributed by atoms with Gasteiger partial charge in [0.1, 0.15) is 128 Å². The van der Waals surface area contributed by atoms with Gasteiger partial charge in [-0.2, -0.15) is 8.42 Å². The van der Waals surface area contributed by atoms with Crippen molar-refractivity contribution in [2.24, 2.45) is 0 Å². The van der Waals surface area contributed by atoms with Crippen LogP contribution < -0.4 is 21.3 Å². The van der Waals surface area contributed by atoms with Gasteiger partial charge in [-0.15, -0.1) is 0 Å². The number of carbonyl (C=O) groups excluding carboxylic acids is 4. The monoisotopic (exact) mass is 1410 g/mol. The number of aliphatic hydroxyl groups excluding tert-OH is 18. The maximum atomic E-state index is 13.2. The van der Waals surface area contributed by atoms with Gasteiger partial charge in [0.15, 0.2) is 18.9 Å². The Kier molecular flexibility index (Phi) is 29.6. The average Bonchev–Trinajstić information content (AvgIpc) is 0.761. The van der Waals surface area contributed by atoms with Crippen molar-refractivity contribution >= 4 is 46.0 Å². The maximum absolute atomic E-state index is 13.2. The van der Waals surface area contributed by atoms with E-state index in [0.717, 1.165) is 27.7 Å². The number of carboxylic acids is 2. The molecule has 5 heterocycles. The molecule has 0 saturated carbocycles. The van der Waals surface area contributed by atoms with E-state index in [1.165, 1.54) is 0 Å². The number of nitrogens with one attached hydrogen (secondary N) is 4. The Morgan fingerprint density at radius 2 is 0.968 bits per heavy atom. The molecular weight excluding hydrogens is 1330 g/mol. The fraction of sp³-hybridized carbons (Fsp3) is 0.880. The molecule has 0 aliphatic carbocycles. The van der Waals surface area contributed by atoms with Gasteiger partial charge in [0.25, 0.3) is 11.6 Å². The average molecular weight is 1410 g/mol. The number of aliphatic hydroxyl groups is 18. The molecule has 5 rings (SSSR count). The maximum Gasteiger partial charge on any atom is 0.397 e. The molecule has 0 radical (unpaired) electrons. The summed E-state index contributed by atoms with van der Waals surface area (Å²) in [4.78, 5) is 75.6. The van der Waals surface area contributed by atoms with Crippen molar-refractivity contribution in [1.29, 1.82) is 0 Å². The zero-order valence-electron chi connectivity index (χ0n) is 50.7.